The molecule has 0 fully saturated rings. The fourth-order valence-electron chi connectivity index (χ4n) is 1.46. The summed E-state index contributed by atoms with van der Waals surface area (Å²) >= 11 is 1.20. The molecule has 0 aliphatic carbocycles. The summed E-state index contributed by atoms with van der Waals surface area (Å²) in [7, 11) is 0. The molecule has 0 saturated carbocycles. The van der Waals surface area contributed by atoms with Gasteiger partial charge in [-0.25, -0.2) is 0 Å². The van der Waals surface area contributed by atoms with E-state index >= 15 is 0 Å². The summed E-state index contributed by atoms with van der Waals surface area (Å²) in [5.74, 6) is -0.262. The van der Waals surface area contributed by atoms with E-state index in [-0.39, 0.29) is 10.7 Å². The second kappa shape index (κ2) is 4.71. The minimum atomic E-state index is -0.262. The highest BCUT2D eigenvalue weighted by molar-refractivity contribution is 7.96. The molecule has 0 N–H and O–H groups in total. The summed E-state index contributed by atoms with van der Waals surface area (Å²) in [5.41, 5.74) is 2.40. The van der Waals surface area contributed by atoms with Crippen LogP contribution in [-0.4, -0.2) is 5.97 Å². The normalized spacial score (nSPS) is 11.2. The number of rotatable bonds is 3. The first kappa shape index (κ1) is 12.1. The van der Waals surface area contributed by atoms with E-state index < -0.39 is 0 Å². The Morgan fingerprint density at radius 1 is 1.33 bits per heavy atom. The van der Waals surface area contributed by atoms with Crippen molar-refractivity contribution in [2.45, 2.75) is 32.4 Å². The van der Waals surface area contributed by atoms with Crippen LogP contribution in [0.25, 0.3) is 0 Å². The second-order valence-corrected chi connectivity index (χ2v) is 5.34. The van der Waals surface area contributed by atoms with Gasteiger partial charge in [-0.05, 0) is 31.9 Å². The molecule has 0 amide bonds. The van der Waals surface area contributed by atoms with E-state index in [0.29, 0.717) is 0 Å². The average molecular weight is 224 g/mol. The van der Waals surface area contributed by atoms with E-state index in [2.05, 4.69) is 19.1 Å². The van der Waals surface area contributed by atoms with Gasteiger partial charge in [0.25, 0.3) is 0 Å². The predicted molar refractivity (Wildman–Crippen MR) is 63.6 cm³/mol. The van der Waals surface area contributed by atoms with Gasteiger partial charge in [0.15, 0.2) is 0 Å². The molecule has 1 rings (SSSR count). The van der Waals surface area contributed by atoms with Gasteiger partial charge in [-0.3, -0.25) is 4.79 Å². The first-order valence-corrected chi connectivity index (χ1v) is 5.60. The van der Waals surface area contributed by atoms with Crippen LogP contribution in [0.2, 0.25) is 0 Å². The predicted octanol–water partition coefficient (Wildman–Crippen LogP) is 3.44. The zero-order valence-corrected chi connectivity index (χ0v) is 10.4. The summed E-state index contributed by atoms with van der Waals surface area (Å²) in [6, 6.07) is 8.13. The lowest BCUT2D eigenvalue weighted by Gasteiger charge is -2.24. The Kier molecular flexibility index (Phi) is 3.80. The van der Waals surface area contributed by atoms with Gasteiger partial charge in [0.2, 0.25) is 0 Å². The lowest BCUT2D eigenvalue weighted by Crippen LogP contribution is -2.15. The van der Waals surface area contributed by atoms with Crippen LogP contribution >= 0.6 is 12.0 Å². The Hall–Kier alpha value is -0.960. The summed E-state index contributed by atoms with van der Waals surface area (Å²) in [5, 5.41) is 0. The fourth-order valence-corrected chi connectivity index (χ4v) is 2.10. The third kappa shape index (κ3) is 3.27. The molecule has 0 heterocycles. The molecule has 0 radical (unpaired) electrons. The van der Waals surface area contributed by atoms with Crippen LogP contribution in [0.15, 0.2) is 24.3 Å². The van der Waals surface area contributed by atoms with Crippen molar-refractivity contribution >= 4 is 18.0 Å². The topological polar surface area (TPSA) is 26.3 Å². The molecule has 2 nitrogen and oxygen atoms in total. The Labute approximate surface area is 95.2 Å². The quantitative estimate of drug-likeness (QED) is 0.736. The third-order valence-electron chi connectivity index (χ3n) is 2.16. The Morgan fingerprint density at radius 2 is 1.93 bits per heavy atom. The molecule has 0 saturated heterocycles. The smallest absolute Gasteiger partial charge is 0.314 e. The zero-order valence-electron chi connectivity index (χ0n) is 9.53. The van der Waals surface area contributed by atoms with Crippen LogP contribution in [0.1, 0.15) is 31.9 Å². The standard InChI is InChI=1S/C12H16O2S/c1-9-7-5-6-8-11(9)12(3,4)15-14-10(2)13/h5-8H,1-4H3. The van der Waals surface area contributed by atoms with Gasteiger partial charge in [-0.15, -0.1) is 0 Å². The maximum Gasteiger partial charge on any atom is 0.314 e. The van der Waals surface area contributed by atoms with Gasteiger partial charge in [0, 0.05) is 6.92 Å². The fraction of sp³-hybridized carbons (Fsp3) is 0.417. The highest BCUT2D eigenvalue weighted by Gasteiger charge is 2.25. The van der Waals surface area contributed by atoms with Crippen molar-refractivity contribution in [1.82, 2.24) is 0 Å². The first-order chi connectivity index (χ1) is 6.93. The van der Waals surface area contributed by atoms with Crippen LogP contribution in [-0.2, 0) is 13.7 Å². The zero-order chi connectivity index (χ0) is 11.5. The highest BCUT2D eigenvalue weighted by atomic mass is 32.2. The molecular formula is C12H16O2S. The maximum absolute atomic E-state index is 10.8. The van der Waals surface area contributed by atoms with Crippen molar-refractivity contribution in [2.75, 3.05) is 0 Å². The summed E-state index contributed by atoms with van der Waals surface area (Å²) in [4.78, 5) is 10.8. The molecule has 0 spiro atoms. The molecule has 82 valence electrons. The lowest BCUT2D eigenvalue weighted by atomic mass is 9.97. The molecule has 0 unspecified atom stereocenters. The number of carbonyl (C=O) groups is 1. The lowest BCUT2D eigenvalue weighted by molar-refractivity contribution is -0.130. The van der Waals surface area contributed by atoms with Crippen molar-refractivity contribution < 1.29 is 8.98 Å². The molecule has 1 aromatic carbocycles. The van der Waals surface area contributed by atoms with Crippen LogP contribution in [0, 0.1) is 6.92 Å². The van der Waals surface area contributed by atoms with E-state index in [0.717, 1.165) is 0 Å². The van der Waals surface area contributed by atoms with Crippen molar-refractivity contribution in [3.8, 4) is 0 Å². The van der Waals surface area contributed by atoms with Gasteiger partial charge in [0.05, 0.1) is 16.8 Å². The number of aryl methyl sites for hydroxylation is 1. The molecule has 0 aromatic heterocycles. The van der Waals surface area contributed by atoms with Gasteiger partial charge in [-0.1, -0.05) is 24.3 Å². The van der Waals surface area contributed by atoms with Crippen molar-refractivity contribution in [3.63, 3.8) is 0 Å². The number of hydrogen-bond acceptors (Lipinski definition) is 3. The first-order valence-electron chi connectivity index (χ1n) is 4.86. The van der Waals surface area contributed by atoms with Crippen molar-refractivity contribution in [2.24, 2.45) is 0 Å². The summed E-state index contributed by atoms with van der Waals surface area (Å²) in [6.07, 6.45) is 0. The largest absolute Gasteiger partial charge is 0.391 e. The molecule has 0 aliphatic rings. The second-order valence-electron chi connectivity index (χ2n) is 3.98. The van der Waals surface area contributed by atoms with E-state index in [1.807, 2.05) is 26.0 Å². The highest BCUT2D eigenvalue weighted by Crippen LogP contribution is 2.37. The van der Waals surface area contributed by atoms with Crippen LogP contribution in [0.4, 0.5) is 0 Å². The van der Waals surface area contributed by atoms with Crippen LogP contribution in [0.5, 0.6) is 0 Å². The van der Waals surface area contributed by atoms with E-state index in [1.54, 1.807) is 0 Å². The van der Waals surface area contributed by atoms with E-state index in [9.17, 15) is 4.79 Å². The third-order valence-corrected chi connectivity index (χ3v) is 3.12. The number of hydrogen-bond donors (Lipinski definition) is 0. The Morgan fingerprint density at radius 3 is 2.47 bits per heavy atom. The maximum atomic E-state index is 10.8. The molecule has 3 heteroatoms. The van der Waals surface area contributed by atoms with Gasteiger partial charge in [-0.2, -0.15) is 0 Å². The Balaban J connectivity index is 2.85. The minimum Gasteiger partial charge on any atom is -0.391 e. The van der Waals surface area contributed by atoms with Gasteiger partial charge >= 0.3 is 5.97 Å². The van der Waals surface area contributed by atoms with E-state index in [4.69, 9.17) is 4.18 Å². The van der Waals surface area contributed by atoms with E-state index in [1.165, 1.54) is 30.1 Å². The van der Waals surface area contributed by atoms with Gasteiger partial charge < -0.3 is 4.18 Å². The molecular weight excluding hydrogens is 208 g/mol. The molecule has 0 aliphatic heterocycles. The minimum absolute atomic E-state index is 0.211. The van der Waals surface area contributed by atoms with Crippen molar-refractivity contribution in [3.05, 3.63) is 35.4 Å². The summed E-state index contributed by atoms with van der Waals surface area (Å²) < 4.78 is 4.78. The number of benzene rings is 1. The molecule has 1 aromatic rings. The molecule has 0 atom stereocenters. The molecule has 0 bridgehead atoms. The Bertz CT molecular complexity index is 358. The SMILES string of the molecule is CC(=O)OSC(C)(C)c1ccccc1C. The van der Waals surface area contributed by atoms with Crippen LogP contribution in [0.3, 0.4) is 0 Å². The van der Waals surface area contributed by atoms with Crippen molar-refractivity contribution in [1.29, 1.82) is 0 Å². The monoisotopic (exact) mass is 224 g/mol. The van der Waals surface area contributed by atoms with Crippen LogP contribution < -0.4 is 0 Å². The molecule has 15 heavy (non-hydrogen) atoms. The summed E-state index contributed by atoms with van der Waals surface area (Å²) in [6.45, 7) is 7.57. The number of carbonyl (C=O) groups excluding carboxylic acids is 1. The van der Waals surface area contributed by atoms with Gasteiger partial charge in [0.1, 0.15) is 0 Å². The average Bonchev–Trinajstić information content (AvgIpc) is 2.15.